The van der Waals surface area contributed by atoms with Crippen molar-refractivity contribution in [2.45, 2.75) is 91.3 Å². The van der Waals surface area contributed by atoms with E-state index in [0.717, 1.165) is 50.4 Å². The number of benzene rings is 4. The number of rotatable bonds is 6. The molecule has 1 fully saturated rings. The van der Waals surface area contributed by atoms with Crippen molar-refractivity contribution in [3.05, 3.63) is 114 Å². The molecule has 0 saturated carbocycles. The molecule has 0 radical (unpaired) electrons. The molecule has 4 nitrogen and oxygen atoms in total. The molecule has 0 spiro atoms. The summed E-state index contributed by atoms with van der Waals surface area (Å²) in [4.78, 5) is 5.35. The monoisotopic (exact) mass is 651 g/mol. The first-order valence-corrected chi connectivity index (χ1v) is 17.3. The number of hydrogen-bond acceptors (Lipinski definition) is 4. The molecule has 0 atom stereocenters. The summed E-state index contributed by atoms with van der Waals surface area (Å²) < 4.78 is 19.0. The third-order valence-electron chi connectivity index (χ3n) is 10.1. The maximum atomic E-state index is 6.58. The summed E-state index contributed by atoms with van der Waals surface area (Å²) in [6.07, 6.45) is 0. The molecule has 5 aromatic rings. The van der Waals surface area contributed by atoms with Crippen LogP contribution in [0.2, 0.25) is 0 Å². The zero-order chi connectivity index (χ0) is 35.4. The highest BCUT2D eigenvalue weighted by molar-refractivity contribution is 6.62. The van der Waals surface area contributed by atoms with Gasteiger partial charge in [0.2, 0.25) is 0 Å². The van der Waals surface area contributed by atoms with Gasteiger partial charge in [-0.1, -0.05) is 114 Å². The summed E-state index contributed by atoms with van der Waals surface area (Å²) in [6.45, 7) is 22.1. The lowest BCUT2D eigenvalue weighted by atomic mass is 9.76. The van der Waals surface area contributed by atoms with Gasteiger partial charge in [0.05, 0.1) is 29.7 Å². The molecule has 1 aliphatic rings. The van der Waals surface area contributed by atoms with Crippen molar-refractivity contribution < 1.29 is 14.0 Å². The van der Waals surface area contributed by atoms with E-state index in [1.807, 2.05) is 24.3 Å². The van der Waals surface area contributed by atoms with Crippen LogP contribution >= 0.6 is 0 Å². The van der Waals surface area contributed by atoms with E-state index in [2.05, 4.69) is 148 Å². The van der Waals surface area contributed by atoms with E-state index in [1.54, 1.807) is 7.11 Å². The Morgan fingerprint density at radius 3 is 1.65 bits per heavy atom. The Bertz CT molecular complexity index is 1930. The number of pyridine rings is 1. The molecule has 0 bridgehead atoms. The molecular formula is C44H50BNO3. The maximum absolute atomic E-state index is 6.58. The van der Waals surface area contributed by atoms with Crippen LogP contribution in [-0.4, -0.2) is 30.4 Å². The van der Waals surface area contributed by atoms with Gasteiger partial charge in [0.15, 0.2) is 0 Å². The van der Waals surface area contributed by atoms with Gasteiger partial charge >= 0.3 is 7.12 Å². The quantitative estimate of drug-likeness (QED) is 0.171. The fourth-order valence-electron chi connectivity index (χ4n) is 6.21. The fraction of sp³-hybridized carbons (Fsp3) is 0.341. The normalized spacial score (nSPS) is 15.8. The second-order valence-electron chi connectivity index (χ2n) is 16.4. The van der Waals surface area contributed by atoms with Crippen molar-refractivity contribution >= 4 is 12.6 Å². The molecule has 0 N–H and O–H groups in total. The molecular weight excluding hydrogens is 601 g/mol. The first-order chi connectivity index (χ1) is 22.9. The second-order valence-corrected chi connectivity index (χ2v) is 16.4. The maximum Gasteiger partial charge on any atom is 0.494 e. The average molecular weight is 652 g/mol. The van der Waals surface area contributed by atoms with Gasteiger partial charge in [-0.15, -0.1) is 0 Å². The molecule has 4 aromatic carbocycles. The Morgan fingerprint density at radius 1 is 0.551 bits per heavy atom. The summed E-state index contributed by atoms with van der Waals surface area (Å²) in [5, 5.41) is 0. The van der Waals surface area contributed by atoms with Gasteiger partial charge in [0.1, 0.15) is 5.75 Å². The zero-order valence-corrected chi connectivity index (χ0v) is 31.1. The van der Waals surface area contributed by atoms with Gasteiger partial charge in [-0.3, -0.25) is 0 Å². The minimum atomic E-state index is -0.512. The average Bonchev–Trinajstić information content (AvgIpc) is 3.29. The van der Waals surface area contributed by atoms with E-state index < -0.39 is 18.3 Å². The highest BCUT2D eigenvalue weighted by Gasteiger charge is 2.51. The number of aromatic nitrogens is 1. The van der Waals surface area contributed by atoms with Crippen molar-refractivity contribution in [2.24, 2.45) is 0 Å². The lowest BCUT2D eigenvalue weighted by molar-refractivity contribution is 0.00578. The third-order valence-corrected chi connectivity index (χ3v) is 10.1. The first kappa shape index (κ1) is 34.7. The number of nitrogens with zero attached hydrogens (tertiary/aromatic N) is 1. The SMILES string of the molecule is COc1ccccc1-c1cc(-c2cc(C(C)(C)C)cc(C(C)(C)C)c2)cc(-c2cc(B3OC(C)(C)C(C)(C)O3)cc(-c3ccccc3)c2)n1. The van der Waals surface area contributed by atoms with Gasteiger partial charge in [0, 0.05) is 11.1 Å². The van der Waals surface area contributed by atoms with E-state index in [1.165, 1.54) is 16.7 Å². The predicted molar refractivity (Wildman–Crippen MR) is 206 cm³/mol. The zero-order valence-electron chi connectivity index (χ0n) is 31.1. The summed E-state index contributed by atoms with van der Waals surface area (Å²) in [6, 6.07) is 36.7. The van der Waals surface area contributed by atoms with Crippen LogP contribution in [0.3, 0.4) is 0 Å². The first-order valence-electron chi connectivity index (χ1n) is 17.3. The van der Waals surface area contributed by atoms with Crippen molar-refractivity contribution in [3.8, 4) is 50.5 Å². The van der Waals surface area contributed by atoms with E-state index in [4.69, 9.17) is 19.0 Å². The number of para-hydroxylation sites is 1. The largest absolute Gasteiger partial charge is 0.496 e. The topological polar surface area (TPSA) is 40.6 Å². The highest BCUT2D eigenvalue weighted by Crippen LogP contribution is 2.40. The molecule has 2 heterocycles. The Hall–Kier alpha value is -4.19. The summed E-state index contributed by atoms with van der Waals surface area (Å²) in [7, 11) is 1.20. The van der Waals surface area contributed by atoms with Gasteiger partial charge < -0.3 is 14.0 Å². The van der Waals surface area contributed by atoms with Crippen LogP contribution in [0.15, 0.2) is 103 Å². The minimum absolute atomic E-state index is 0.0148. The molecule has 0 amide bonds. The molecule has 0 unspecified atom stereocenters. The van der Waals surface area contributed by atoms with E-state index >= 15 is 0 Å². The Balaban J connectivity index is 1.62. The highest BCUT2D eigenvalue weighted by atomic mass is 16.7. The van der Waals surface area contributed by atoms with Crippen molar-refractivity contribution in [2.75, 3.05) is 7.11 Å². The number of methoxy groups -OCH3 is 1. The summed E-state index contributed by atoms with van der Waals surface area (Å²) in [5.74, 6) is 0.785. The lowest BCUT2D eigenvalue weighted by Gasteiger charge is -2.32. The smallest absolute Gasteiger partial charge is 0.494 e. The van der Waals surface area contributed by atoms with Gasteiger partial charge in [-0.25, -0.2) is 4.98 Å². The molecule has 6 rings (SSSR count). The number of ether oxygens (including phenoxy) is 1. The molecule has 5 heteroatoms. The van der Waals surface area contributed by atoms with Crippen molar-refractivity contribution in [1.82, 2.24) is 4.98 Å². The van der Waals surface area contributed by atoms with Crippen LogP contribution in [0.25, 0.3) is 44.8 Å². The van der Waals surface area contributed by atoms with Crippen LogP contribution < -0.4 is 10.2 Å². The standard InChI is InChI=1S/C44H50BNO3/c1-41(2,3)34-22-31(23-35(28-34)42(4,5)6)32-26-38(46-39(27-32)37-19-15-16-20-40(37)47-11)33-21-30(29-17-13-12-14-18-29)24-36(25-33)45-48-43(7,8)44(9,10)49-45/h12-28H,1-11H3. The van der Waals surface area contributed by atoms with Crippen LogP contribution in [0.4, 0.5) is 0 Å². The Morgan fingerprint density at radius 2 is 1.06 bits per heavy atom. The van der Waals surface area contributed by atoms with Crippen molar-refractivity contribution in [3.63, 3.8) is 0 Å². The molecule has 49 heavy (non-hydrogen) atoms. The van der Waals surface area contributed by atoms with Gasteiger partial charge in [0.25, 0.3) is 0 Å². The van der Waals surface area contributed by atoms with E-state index in [0.29, 0.717) is 0 Å². The summed E-state index contributed by atoms with van der Waals surface area (Å²) >= 11 is 0. The molecule has 252 valence electrons. The van der Waals surface area contributed by atoms with E-state index in [-0.39, 0.29) is 10.8 Å². The summed E-state index contributed by atoms with van der Waals surface area (Å²) in [5.41, 5.74) is 10.8. The van der Waals surface area contributed by atoms with Gasteiger partial charge in [-0.05, 0) is 108 Å². The lowest BCUT2D eigenvalue weighted by Crippen LogP contribution is -2.41. The van der Waals surface area contributed by atoms with Gasteiger partial charge in [-0.2, -0.15) is 0 Å². The van der Waals surface area contributed by atoms with Crippen LogP contribution in [0.5, 0.6) is 5.75 Å². The molecule has 0 aliphatic carbocycles. The number of hydrogen-bond donors (Lipinski definition) is 0. The minimum Gasteiger partial charge on any atom is -0.496 e. The molecule has 1 aliphatic heterocycles. The molecule has 1 saturated heterocycles. The Kier molecular flexibility index (Phi) is 8.92. The Labute approximate surface area is 294 Å². The van der Waals surface area contributed by atoms with Crippen molar-refractivity contribution in [1.29, 1.82) is 0 Å². The van der Waals surface area contributed by atoms with Crippen LogP contribution in [-0.2, 0) is 20.1 Å². The molecule has 1 aromatic heterocycles. The van der Waals surface area contributed by atoms with Crippen LogP contribution in [0, 0.1) is 0 Å². The predicted octanol–water partition coefficient (Wildman–Crippen LogP) is 10.7. The second kappa shape index (κ2) is 12.6. The van der Waals surface area contributed by atoms with E-state index in [9.17, 15) is 0 Å². The fourth-order valence-corrected chi connectivity index (χ4v) is 6.21. The van der Waals surface area contributed by atoms with Crippen LogP contribution in [0.1, 0.15) is 80.4 Å². The third kappa shape index (κ3) is 7.11.